The second-order valence-corrected chi connectivity index (χ2v) is 4.73. The lowest BCUT2D eigenvalue weighted by Crippen LogP contribution is -2.14. The van der Waals surface area contributed by atoms with Gasteiger partial charge in [-0.1, -0.05) is 12.1 Å². The number of hydrogen-bond acceptors (Lipinski definition) is 3. The lowest BCUT2D eigenvalue weighted by Gasteiger charge is -2.12. The largest absolute Gasteiger partial charge is 0.495 e. The highest BCUT2D eigenvalue weighted by atomic mass is 16.5. The van der Waals surface area contributed by atoms with Crippen molar-refractivity contribution < 1.29 is 9.53 Å². The fraction of sp³-hybridized carbons (Fsp3) is 0.188. The van der Waals surface area contributed by atoms with Gasteiger partial charge in [0.05, 0.1) is 12.8 Å². The number of methoxy groups -OCH3 is 1. The summed E-state index contributed by atoms with van der Waals surface area (Å²) in [6, 6.07) is 10.9. The molecule has 4 nitrogen and oxygen atoms in total. The van der Waals surface area contributed by atoms with Crippen molar-refractivity contribution in [3.8, 4) is 5.75 Å². The van der Waals surface area contributed by atoms with Crippen molar-refractivity contribution in [1.29, 1.82) is 0 Å². The van der Waals surface area contributed by atoms with Crippen LogP contribution >= 0.6 is 0 Å². The first-order valence-electron chi connectivity index (χ1n) is 6.33. The molecule has 0 atom stereocenters. The van der Waals surface area contributed by atoms with E-state index in [1.807, 2.05) is 38.1 Å². The molecule has 2 rings (SSSR count). The lowest BCUT2D eigenvalue weighted by molar-refractivity contribution is 0.102. The minimum absolute atomic E-state index is 0.196. The Bertz CT molecular complexity index is 651. The van der Waals surface area contributed by atoms with Crippen molar-refractivity contribution in [2.24, 2.45) is 0 Å². The fourth-order valence-electron chi connectivity index (χ4n) is 1.99. The van der Waals surface area contributed by atoms with Crippen molar-refractivity contribution >= 4 is 17.3 Å². The molecule has 1 amide bonds. The number of aryl methyl sites for hydroxylation is 2. The molecule has 0 spiro atoms. The Balaban J connectivity index is 2.32. The number of carbonyl (C=O) groups is 1. The van der Waals surface area contributed by atoms with Gasteiger partial charge in [-0.2, -0.15) is 0 Å². The smallest absolute Gasteiger partial charge is 0.256 e. The Kier molecular flexibility index (Phi) is 3.94. The molecular formula is C16H18N2O2. The van der Waals surface area contributed by atoms with Gasteiger partial charge in [0.2, 0.25) is 0 Å². The van der Waals surface area contributed by atoms with Gasteiger partial charge in [0.25, 0.3) is 5.91 Å². The molecule has 4 heteroatoms. The maximum absolute atomic E-state index is 12.3. The van der Waals surface area contributed by atoms with Crippen LogP contribution in [-0.2, 0) is 0 Å². The average molecular weight is 270 g/mol. The Morgan fingerprint density at radius 2 is 1.90 bits per heavy atom. The Hall–Kier alpha value is -2.49. The zero-order chi connectivity index (χ0) is 14.7. The van der Waals surface area contributed by atoms with Gasteiger partial charge in [-0.05, 0) is 49.2 Å². The number of rotatable bonds is 3. The number of anilines is 2. The second-order valence-electron chi connectivity index (χ2n) is 4.73. The number of amides is 1. The number of nitrogens with one attached hydrogen (secondary N) is 1. The number of hydrogen-bond donors (Lipinski definition) is 2. The standard InChI is InChI=1S/C16H18N2O2/c1-10-4-7-15(20-3)14(8-10)18-16(19)13-9-12(17)6-5-11(13)2/h4-9H,17H2,1-3H3,(H,18,19). The molecular weight excluding hydrogens is 252 g/mol. The highest BCUT2D eigenvalue weighted by Gasteiger charge is 2.12. The summed E-state index contributed by atoms with van der Waals surface area (Å²) in [5.41, 5.74) is 9.44. The summed E-state index contributed by atoms with van der Waals surface area (Å²) in [5.74, 6) is 0.434. The van der Waals surface area contributed by atoms with Crippen LogP contribution in [0.1, 0.15) is 21.5 Å². The molecule has 0 saturated carbocycles. The number of nitrogens with two attached hydrogens (primary N) is 1. The molecule has 2 aromatic rings. The van der Waals surface area contributed by atoms with Crippen LogP contribution in [0, 0.1) is 13.8 Å². The van der Waals surface area contributed by atoms with E-state index in [-0.39, 0.29) is 5.91 Å². The molecule has 0 unspecified atom stereocenters. The third-order valence-electron chi connectivity index (χ3n) is 3.11. The molecule has 0 fully saturated rings. The van der Waals surface area contributed by atoms with Gasteiger partial charge >= 0.3 is 0 Å². The van der Waals surface area contributed by atoms with Crippen molar-refractivity contribution in [1.82, 2.24) is 0 Å². The van der Waals surface area contributed by atoms with Crippen molar-refractivity contribution in [3.63, 3.8) is 0 Å². The summed E-state index contributed by atoms with van der Waals surface area (Å²) >= 11 is 0. The first-order valence-corrected chi connectivity index (χ1v) is 6.33. The molecule has 0 heterocycles. The minimum atomic E-state index is -0.196. The Morgan fingerprint density at radius 3 is 2.60 bits per heavy atom. The third kappa shape index (κ3) is 2.91. The number of nitrogen functional groups attached to an aromatic ring is 1. The predicted octanol–water partition coefficient (Wildman–Crippen LogP) is 3.15. The predicted molar refractivity (Wildman–Crippen MR) is 81.3 cm³/mol. The molecule has 3 N–H and O–H groups in total. The molecule has 2 aromatic carbocycles. The van der Waals surface area contributed by atoms with Gasteiger partial charge in [-0.3, -0.25) is 4.79 Å². The zero-order valence-corrected chi connectivity index (χ0v) is 11.9. The summed E-state index contributed by atoms with van der Waals surface area (Å²) in [6.45, 7) is 3.84. The van der Waals surface area contributed by atoms with Crippen LogP contribution in [-0.4, -0.2) is 13.0 Å². The van der Waals surface area contributed by atoms with Crippen LogP contribution in [0.25, 0.3) is 0 Å². The molecule has 104 valence electrons. The van der Waals surface area contributed by atoms with E-state index in [4.69, 9.17) is 10.5 Å². The van der Waals surface area contributed by atoms with E-state index >= 15 is 0 Å². The van der Waals surface area contributed by atoms with Gasteiger partial charge in [-0.25, -0.2) is 0 Å². The molecule has 0 aliphatic carbocycles. The van der Waals surface area contributed by atoms with E-state index in [0.717, 1.165) is 11.1 Å². The molecule has 0 bridgehead atoms. The van der Waals surface area contributed by atoms with Crippen molar-refractivity contribution in [3.05, 3.63) is 53.1 Å². The first kappa shape index (κ1) is 13.9. The normalized spacial score (nSPS) is 10.2. The van der Waals surface area contributed by atoms with E-state index in [1.165, 1.54) is 0 Å². The molecule has 0 saturated heterocycles. The quantitative estimate of drug-likeness (QED) is 0.842. The summed E-state index contributed by atoms with van der Waals surface area (Å²) in [5, 5.41) is 2.87. The van der Waals surface area contributed by atoms with Crippen LogP contribution in [0.4, 0.5) is 11.4 Å². The van der Waals surface area contributed by atoms with Crippen LogP contribution in [0.15, 0.2) is 36.4 Å². The van der Waals surface area contributed by atoms with Gasteiger partial charge in [0.1, 0.15) is 5.75 Å². The number of benzene rings is 2. The first-order chi connectivity index (χ1) is 9.51. The van der Waals surface area contributed by atoms with Crippen LogP contribution < -0.4 is 15.8 Å². The van der Waals surface area contributed by atoms with Gasteiger partial charge in [0.15, 0.2) is 0 Å². The summed E-state index contributed by atoms with van der Waals surface area (Å²) in [6.07, 6.45) is 0. The number of ether oxygens (including phenoxy) is 1. The molecule has 0 radical (unpaired) electrons. The Labute approximate surface area is 118 Å². The second kappa shape index (κ2) is 5.65. The van der Waals surface area contributed by atoms with Crippen molar-refractivity contribution in [2.75, 3.05) is 18.2 Å². The fourth-order valence-corrected chi connectivity index (χ4v) is 1.99. The third-order valence-corrected chi connectivity index (χ3v) is 3.11. The highest BCUT2D eigenvalue weighted by Crippen LogP contribution is 2.26. The van der Waals surface area contributed by atoms with Crippen LogP contribution in [0.2, 0.25) is 0 Å². The van der Waals surface area contributed by atoms with Crippen LogP contribution in [0.3, 0.4) is 0 Å². The van der Waals surface area contributed by atoms with Gasteiger partial charge < -0.3 is 15.8 Å². The summed E-state index contributed by atoms with van der Waals surface area (Å²) in [7, 11) is 1.58. The van der Waals surface area contributed by atoms with E-state index in [9.17, 15) is 4.79 Å². The summed E-state index contributed by atoms with van der Waals surface area (Å²) in [4.78, 5) is 12.3. The molecule has 0 aliphatic heterocycles. The minimum Gasteiger partial charge on any atom is -0.495 e. The maximum atomic E-state index is 12.3. The average Bonchev–Trinajstić information content (AvgIpc) is 2.41. The molecule has 0 aliphatic rings. The van der Waals surface area contributed by atoms with E-state index in [1.54, 1.807) is 19.2 Å². The van der Waals surface area contributed by atoms with E-state index in [0.29, 0.717) is 22.7 Å². The number of carbonyl (C=O) groups excluding carboxylic acids is 1. The topological polar surface area (TPSA) is 64.3 Å². The SMILES string of the molecule is COc1ccc(C)cc1NC(=O)c1cc(N)ccc1C. The van der Waals surface area contributed by atoms with Crippen molar-refractivity contribution in [2.45, 2.75) is 13.8 Å². The molecule has 20 heavy (non-hydrogen) atoms. The maximum Gasteiger partial charge on any atom is 0.256 e. The lowest BCUT2D eigenvalue weighted by atomic mass is 10.1. The van der Waals surface area contributed by atoms with Crippen LogP contribution in [0.5, 0.6) is 5.75 Å². The van der Waals surface area contributed by atoms with Gasteiger partial charge in [-0.15, -0.1) is 0 Å². The zero-order valence-electron chi connectivity index (χ0n) is 11.9. The summed E-state index contributed by atoms with van der Waals surface area (Å²) < 4.78 is 5.25. The van der Waals surface area contributed by atoms with Gasteiger partial charge in [0, 0.05) is 11.3 Å². The highest BCUT2D eigenvalue weighted by molar-refractivity contribution is 6.06. The Morgan fingerprint density at radius 1 is 1.15 bits per heavy atom. The monoisotopic (exact) mass is 270 g/mol. The van der Waals surface area contributed by atoms with E-state index < -0.39 is 0 Å². The molecule has 0 aromatic heterocycles. The van der Waals surface area contributed by atoms with E-state index in [2.05, 4.69) is 5.32 Å².